The molecule has 1 aliphatic rings. The summed E-state index contributed by atoms with van der Waals surface area (Å²) in [5.41, 5.74) is 4.80. The third kappa shape index (κ3) is 5.38. The predicted octanol–water partition coefficient (Wildman–Crippen LogP) is 5.12. The van der Waals surface area contributed by atoms with Crippen LogP contribution in [-0.4, -0.2) is 32.8 Å². The fourth-order valence-electron chi connectivity index (χ4n) is 3.58. The van der Waals surface area contributed by atoms with Gasteiger partial charge in [-0.05, 0) is 35.9 Å². The molecule has 0 fully saturated rings. The Labute approximate surface area is 178 Å². The lowest BCUT2D eigenvalue weighted by Crippen LogP contribution is -2.31. The molecule has 3 heterocycles. The second kappa shape index (κ2) is 8.63. The zero-order chi connectivity index (χ0) is 22.0. The summed E-state index contributed by atoms with van der Waals surface area (Å²) >= 11 is 0. The molecule has 5 nitrogen and oxygen atoms in total. The van der Waals surface area contributed by atoms with Crippen LogP contribution in [-0.2, 0) is 19.5 Å². The van der Waals surface area contributed by atoms with E-state index in [1.165, 1.54) is 17.7 Å². The minimum absolute atomic E-state index is 0.247. The summed E-state index contributed by atoms with van der Waals surface area (Å²) in [6.45, 7) is 6.67. The van der Waals surface area contributed by atoms with Crippen molar-refractivity contribution in [2.24, 2.45) is 0 Å². The van der Waals surface area contributed by atoms with Gasteiger partial charge in [-0.3, -0.25) is 9.88 Å². The number of rotatable bonds is 5. The van der Waals surface area contributed by atoms with Gasteiger partial charge in [0.05, 0.1) is 5.69 Å². The quantitative estimate of drug-likeness (QED) is 0.565. The summed E-state index contributed by atoms with van der Waals surface area (Å²) in [7, 11) is 0. The first-order valence-electron chi connectivity index (χ1n) is 10.1. The molecular formula is C23H23F3N4O. The molecule has 162 valence electrons. The van der Waals surface area contributed by atoms with E-state index >= 15 is 0 Å². The number of benzene rings is 1. The minimum Gasteiger partial charge on any atom is -0.406 e. The fourth-order valence-corrected chi connectivity index (χ4v) is 3.58. The highest BCUT2D eigenvalue weighted by molar-refractivity contribution is 5.60. The maximum Gasteiger partial charge on any atom is 0.573 e. The van der Waals surface area contributed by atoms with Crippen LogP contribution >= 0.6 is 0 Å². The molecule has 0 amide bonds. The van der Waals surface area contributed by atoms with Gasteiger partial charge in [-0.1, -0.05) is 19.9 Å². The number of fused-ring (bicyclic) bond motifs is 1. The van der Waals surface area contributed by atoms with Gasteiger partial charge in [0.2, 0.25) is 0 Å². The summed E-state index contributed by atoms with van der Waals surface area (Å²) in [6.07, 6.45) is -0.0463. The minimum atomic E-state index is -4.70. The van der Waals surface area contributed by atoms with Crippen molar-refractivity contribution in [2.45, 2.75) is 45.6 Å². The first-order valence-corrected chi connectivity index (χ1v) is 10.1. The van der Waals surface area contributed by atoms with Crippen LogP contribution in [0.5, 0.6) is 5.75 Å². The molecule has 0 unspecified atom stereocenters. The second-order valence-corrected chi connectivity index (χ2v) is 7.94. The molecule has 0 saturated heterocycles. The lowest BCUT2D eigenvalue weighted by Gasteiger charge is -2.28. The van der Waals surface area contributed by atoms with E-state index in [0.29, 0.717) is 11.6 Å². The van der Waals surface area contributed by atoms with Crippen molar-refractivity contribution in [3.8, 4) is 17.0 Å². The molecule has 1 aromatic carbocycles. The molecule has 0 aliphatic carbocycles. The summed E-state index contributed by atoms with van der Waals surface area (Å²) < 4.78 is 40.8. The molecule has 0 N–H and O–H groups in total. The van der Waals surface area contributed by atoms with Crippen molar-refractivity contribution in [3.05, 3.63) is 71.4 Å². The Kier molecular flexibility index (Phi) is 5.91. The highest BCUT2D eigenvalue weighted by atomic mass is 19.4. The van der Waals surface area contributed by atoms with Gasteiger partial charge in [0.15, 0.2) is 0 Å². The SMILES string of the molecule is CC(C)c1ncc2c(n1)CCN(Cc1ccc(-c3ccc(OC(F)(F)F)cc3)nc1)C2. The van der Waals surface area contributed by atoms with Crippen molar-refractivity contribution in [3.63, 3.8) is 0 Å². The molecule has 1 aliphatic heterocycles. The van der Waals surface area contributed by atoms with E-state index in [-0.39, 0.29) is 5.75 Å². The van der Waals surface area contributed by atoms with Crippen molar-refractivity contribution in [2.75, 3.05) is 6.54 Å². The standard InChI is InChI=1S/C23H23F3N4O/c1-15(2)22-28-12-18-14-30(10-9-21(18)29-22)13-16-3-8-20(27-11-16)17-4-6-19(7-5-17)31-23(24,25)26/h3-8,11-12,15H,9-10,13-14H2,1-2H3. The van der Waals surface area contributed by atoms with Crippen molar-refractivity contribution < 1.29 is 17.9 Å². The molecule has 3 aromatic rings. The number of hydrogen-bond donors (Lipinski definition) is 0. The molecule has 0 saturated carbocycles. The highest BCUT2D eigenvalue weighted by Gasteiger charge is 2.31. The molecule has 31 heavy (non-hydrogen) atoms. The van der Waals surface area contributed by atoms with Gasteiger partial charge < -0.3 is 4.74 Å². The maximum absolute atomic E-state index is 12.3. The van der Waals surface area contributed by atoms with Gasteiger partial charge in [0.1, 0.15) is 11.6 Å². The molecule has 0 atom stereocenters. The Morgan fingerprint density at radius 2 is 1.81 bits per heavy atom. The number of pyridine rings is 1. The van der Waals surface area contributed by atoms with Crippen molar-refractivity contribution >= 4 is 0 Å². The Morgan fingerprint density at radius 3 is 2.45 bits per heavy atom. The zero-order valence-electron chi connectivity index (χ0n) is 17.4. The zero-order valence-corrected chi connectivity index (χ0v) is 17.4. The highest BCUT2D eigenvalue weighted by Crippen LogP contribution is 2.26. The molecule has 0 radical (unpaired) electrons. The third-order valence-electron chi connectivity index (χ3n) is 5.16. The lowest BCUT2D eigenvalue weighted by molar-refractivity contribution is -0.274. The van der Waals surface area contributed by atoms with Gasteiger partial charge in [0.25, 0.3) is 0 Å². The van der Waals surface area contributed by atoms with Gasteiger partial charge in [-0.2, -0.15) is 0 Å². The largest absolute Gasteiger partial charge is 0.573 e. The topological polar surface area (TPSA) is 51.1 Å². The predicted molar refractivity (Wildman–Crippen MR) is 110 cm³/mol. The van der Waals surface area contributed by atoms with Crippen LogP contribution in [0.3, 0.4) is 0 Å². The van der Waals surface area contributed by atoms with E-state index in [1.807, 2.05) is 24.5 Å². The van der Waals surface area contributed by atoms with Crippen LogP contribution in [0.2, 0.25) is 0 Å². The summed E-state index contributed by atoms with van der Waals surface area (Å²) in [5, 5.41) is 0. The summed E-state index contributed by atoms with van der Waals surface area (Å²) in [6, 6.07) is 9.58. The van der Waals surface area contributed by atoms with Crippen LogP contribution in [0, 0.1) is 0 Å². The van der Waals surface area contributed by atoms with E-state index in [0.717, 1.165) is 48.7 Å². The molecule has 4 rings (SSSR count). The number of alkyl halides is 3. The van der Waals surface area contributed by atoms with Crippen molar-refractivity contribution in [1.29, 1.82) is 0 Å². The van der Waals surface area contributed by atoms with Crippen LogP contribution < -0.4 is 4.74 Å². The first kappa shape index (κ1) is 21.2. The molecule has 8 heteroatoms. The van der Waals surface area contributed by atoms with Crippen molar-refractivity contribution in [1.82, 2.24) is 19.9 Å². The van der Waals surface area contributed by atoms with Crippen LogP contribution in [0.4, 0.5) is 13.2 Å². The maximum atomic E-state index is 12.3. The van der Waals surface area contributed by atoms with Crippen LogP contribution in [0.1, 0.15) is 42.4 Å². The number of aromatic nitrogens is 3. The van der Waals surface area contributed by atoms with Crippen LogP contribution in [0.25, 0.3) is 11.3 Å². The summed E-state index contributed by atoms with van der Waals surface area (Å²) in [4.78, 5) is 16.0. The molecule has 0 spiro atoms. The van der Waals surface area contributed by atoms with E-state index in [9.17, 15) is 13.2 Å². The van der Waals surface area contributed by atoms with Gasteiger partial charge in [-0.25, -0.2) is 9.97 Å². The Bertz CT molecular complexity index is 1030. The van der Waals surface area contributed by atoms with Crippen LogP contribution in [0.15, 0.2) is 48.8 Å². The Morgan fingerprint density at radius 1 is 1.03 bits per heavy atom. The Balaban J connectivity index is 1.39. The van der Waals surface area contributed by atoms with Gasteiger partial charge in [0, 0.05) is 61.2 Å². The smallest absolute Gasteiger partial charge is 0.406 e. The van der Waals surface area contributed by atoms with E-state index in [1.54, 1.807) is 12.1 Å². The molecular weight excluding hydrogens is 405 g/mol. The van der Waals surface area contributed by atoms with Gasteiger partial charge >= 0.3 is 6.36 Å². The monoisotopic (exact) mass is 428 g/mol. The number of nitrogens with zero attached hydrogens (tertiary/aromatic N) is 4. The average Bonchev–Trinajstić information content (AvgIpc) is 2.73. The number of halogens is 3. The molecule has 0 bridgehead atoms. The first-order chi connectivity index (χ1) is 14.8. The van der Waals surface area contributed by atoms with Gasteiger partial charge in [-0.15, -0.1) is 13.2 Å². The Hall–Kier alpha value is -3.00. The number of hydrogen-bond acceptors (Lipinski definition) is 5. The fraction of sp³-hybridized carbons (Fsp3) is 0.348. The van der Waals surface area contributed by atoms with E-state index in [2.05, 4.69) is 33.5 Å². The third-order valence-corrected chi connectivity index (χ3v) is 5.16. The van der Waals surface area contributed by atoms with E-state index in [4.69, 9.17) is 4.98 Å². The second-order valence-electron chi connectivity index (χ2n) is 7.94. The normalized spacial score (nSPS) is 14.5. The molecule has 2 aromatic heterocycles. The lowest BCUT2D eigenvalue weighted by atomic mass is 10.1. The number of ether oxygens (including phenoxy) is 1. The van der Waals surface area contributed by atoms with E-state index < -0.39 is 6.36 Å². The summed E-state index contributed by atoms with van der Waals surface area (Å²) in [5.74, 6) is 0.967. The average molecular weight is 428 g/mol.